The molecule has 1 aromatic rings. The number of carbonyl (C=O) groups excluding carboxylic acids is 1. The molecule has 1 aliphatic rings. The minimum absolute atomic E-state index is 0.168. The topological polar surface area (TPSA) is 92.7 Å². The molecular weight excluding hydrogens is 282 g/mol. The van der Waals surface area contributed by atoms with Crippen LogP contribution in [0.15, 0.2) is 29.2 Å². The number of hydrogen-bond acceptors (Lipinski definition) is 5. The molecule has 20 heavy (non-hydrogen) atoms. The molecule has 1 fully saturated rings. The minimum Gasteiger partial charge on any atom is -0.497 e. The maximum Gasteiger partial charge on any atom is 0.247 e. The Kier molecular flexibility index (Phi) is 4.29. The van der Waals surface area contributed by atoms with Crippen LogP contribution in [0.3, 0.4) is 0 Å². The van der Waals surface area contributed by atoms with Crippen molar-refractivity contribution in [1.82, 2.24) is 5.48 Å². The lowest BCUT2D eigenvalue weighted by molar-refractivity contribution is -0.133. The SMILES string of the molecule is COc1ccc(S(=O)(=O)C2CCCC2C(=O)NO)cc1. The first-order chi connectivity index (χ1) is 9.50. The number of nitrogens with one attached hydrogen (secondary N) is 1. The van der Waals surface area contributed by atoms with Gasteiger partial charge in [0.05, 0.1) is 23.2 Å². The van der Waals surface area contributed by atoms with E-state index in [0.29, 0.717) is 25.0 Å². The Labute approximate surface area is 117 Å². The van der Waals surface area contributed by atoms with Crippen LogP contribution >= 0.6 is 0 Å². The van der Waals surface area contributed by atoms with Gasteiger partial charge in [0.25, 0.3) is 0 Å². The molecule has 0 saturated heterocycles. The van der Waals surface area contributed by atoms with E-state index in [0.717, 1.165) is 0 Å². The van der Waals surface area contributed by atoms with Crippen molar-refractivity contribution in [3.63, 3.8) is 0 Å². The van der Waals surface area contributed by atoms with E-state index in [1.54, 1.807) is 17.6 Å². The van der Waals surface area contributed by atoms with E-state index in [2.05, 4.69) is 0 Å². The Morgan fingerprint density at radius 2 is 1.95 bits per heavy atom. The standard InChI is InChI=1S/C13H17NO5S/c1-19-9-5-7-10(8-6-9)20(17,18)12-4-2-3-11(12)13(15)14-16/h5-8,11-12,16H,2-4H2,1H3,(H,14,15). The van der Waals surface area contributed by atoms with E-state index in [1.165, 1.54) is 19.2 Å². The minimum atomic E-state index is -3.60. The summed E-state index contributed by atoms with van der Waals surface area (Å²) in [5.74, 6) is -0.767. The summed E-state index contributed by atoms with van der Waals surface area (Å²) in [6.45, 7) is 0. The summed E-state index contributed by atoms with van der Waals surface area (Å²) in [6.07, 6.45) is 1.54. The highest BCUT2D eigenvalue weighted by molar-refractivity contribution is 7.92. The summed E-state index contributed by atoms with van der Waals surface area (Å²) in [7, 11) is -2.09. The molecule has 1 saturated carbocycles. The van der Waals surface area contributed by atoms with Crippen LogP contribution in [0.2, 0.25) is 0 Å². The summed E-state index contributed by atoms with van der Waals surface area (Å²) in [4.78, 5) is 11.7. The van der Waals surface area contributed by atoms with Gasteiger partial charge in [0.1, 0.15) is 5.75 Å². The zero-order valence-corrected chi connectivity index (χ0v) is 11.9. The number of sulfone groups is 1. The van der Waals surface area contributed by atoms with Crippen LogP contribution in [0.1, 0.15) is 19.3 Å². The number of methoxy groups -OCH3 is 1. The Morgan fingerprint density at radius 3 is 2.50 bits per heavy atom. The average molecular weight is 299 g/mol. The maximum absolute atomic E-state index is 12.6. The van der Waals surface area contributed by atoms with E-state index in [1.807, 2.05) is 0 Å². The number of hydrogen-bond donors (Lipinski definition) is 2. The average Bonchev–Trinajstić information content (AvgIpc) is 2.96. The third kappa shape index (κ3) is 2.64. The molecule has 0 bridgehead atoms. The van der Waals surface area contributed by atoms with E-state index in [-0.39, 0.29) is 4.90 Å². The fourth-order valence-electron chi connectivity index (χ4n) is 2.62. The van der Waals surface area contributed by atoms with Gasteiger partial charge in [-0.3, -0.25) is 10.0 Å². The second kappa shape index (κ2) is 5.80. The molecule has 2 unspecified atom stereocenters. The van der Waals surface area contributed by atoms with Crippen molar-refractivity contribution in [3.05, 3.63) is 24.3 Å². The summed E-state index contributed by atoms with van der Waals surface area (Å²) in [6, 6.07) is 6.09. The van der Waals surface area contributed by atoms with Crippen LogP contribution < -0.4 is 10.2 Å². The molecule has 110 valence electrons. The summed E-state index contributed by atoms with van der Waals surface area (Å²) < 4.78 is 30.1. The van der Waals surface area contributed by atoms with E-state index < -0.39 is 26.9 Å². The van der Waals surface area contributed by atoms with Crippen molar-refractivity contribution >= 4 is 15.7 Å². The van der Waals surface area contributed by atoms with Crippen molar-refractivity contribution in [2.24, 2.45) is 5.92 Å². The van der Waals surface area contributed by atoms with Gasteiger partial charge in [0.15, 0.2) is 9.84 Å². The smallest absolute Gasteiger partial charge is 0.247 e. The lowest BCUT2D eigenvalue weighted by atomic mass is 10.1. The molecule has 1 aromatic carbocycles. The van der Waals surface area contributed by atoms with Crippen LogP contribution in [-0.2, 0) is 14.6 Å². The van der Waals surface area contributed by atoms with E-state index in [4.69, 9.17) is 9.94 Å². The van der Waals surface area contributed by atoms with Gasteiger partial charge in [-0.05, 0) is 37.1 Å². The molecule has 0 aliphatic heterocycles. The second-order valence-corrected chi connectivity index (χ2v) is 6.94. The Bertz CT molecular complexity index is 581. The van der Waals surface area contributed by atoms with Crippen LogP contribution in [-0.4, -0.2) is 31.9 Å². The van der Waals surface area contributed by atoms with Gasteiger partial charge < -0.3 is 4.74 Å². The molecule has 7 heteroatoms. The fraction of sp³-hybridized carbons (Fsp3) is 0.462. The zero-order valence-electron chi connectivity index (χ0n) is 11.1. The lowest BCUT2D eigenvalue weighted by Gasteiger charge is -2.18. The van der Waals surface area contributed by atoms with Gasteiger partial charge in [-0.2, -0.15) is 0 Å². The van der Waals surface area contributed by atoms with Crippen LogP contribution in [0, 0.1) is 5.92 Å². The van der Waals surface area contributed by atoms with Crippen LogP contribution in [0.25, 0.3) is 0 Å². The van der Waals surface area contributed by atoms with E-state index in [9.17, 15) is 13.2 Å². The molecule has 6 nitrogen and oxygen atoms in total. The fourth-order valence-corrected chi connectivity index (χ4v) is 4.65. The Hall–Kier alpha value is -1.60. The van der Waals surface area contributed by atoms with Crippen molar-refractivity contribution in [2.75, 3.05) is 7.11 Å². The van der Waals surface area contributed by atoms with Gasteiger partial charge in [0.2, 0.25) is 5.91 Å². The first kappa shape index (κ1) is 14.8. The molecular formula is C13H17NO5S. The van der Waals surface area contributed by atoms with Crippen molar-refractivity contribution < 1.29 is 23.2 Å². The molecule has 0 heterocycles. The first-order valence-corrected chi connectivity index (χ1v) is 7.87. The number of hydroxylamine groups is 1. The largest absolute Gasteiger partial charge is 0.497 e. The molecule has 1 aliphatic carbocycles. The second-order valence-electron chi connectivity index (χ2n) is 4.77. The summed E-state index contributed by atoms with van der Waals surface area (Å²) >= 11 is 0. The van der Waals surface area contributed by atoms with Crippen molar-refractivity contribution in [3.8, 4) is 5.75 Å². The molecule has 2 N–H and O–H groups in total. The highest BCUT2D eigenvalue weighted by Crippen LogP contribution is 2.35. The van der Waals surface area contributed by atoms with E-state index >= 15 is 0 Å². The highest BCUT2D eigenvalue weighted by Gasteiger charge is 2.42. The van der Waals surface area contributed by atoms with Crippen molar-refractivity contribution in [2.45, 2.75) is 29.4 Å². The number of carbonyl (C=O) groups is 1. The summed E-state index contributed by atoms with van der Waals surface area (Å²) in [5, 5.41) is 7.92. The van der Waals surface area contributed by atoms with Crippen LogP contribution in [0.4, 0.5) is 0 Å². The molecule has 0 aromatic heterocycles. The monoisotopic (exact) mass is 299 g/mol. The third-order valence-electron chi connectivity index (χ3n) is 3.69. The molecule has 0 spiro atoms. The first-order valence-electron chi connectivity index (χ1n) is 6.32. The predicted octanol–water partition coefficient (Wildman–Crippen LogP) is 1.14. The van der Waals surface area contributed by atoms with Gasteiger partial charge in [-0.25, -0.2) is 13.9 Å². The number of benzene rings is 1. The normalized spacial score (nSPS) is 22.5. The lowest BCUT2D eigenvalue weighted by Crippen LogP contribution is -2.36. The maximum atomic E-state index is 12.6. The van der Waals surface area contributed by atoms with Gasteiger partial charge in [-0.15, -0.1) is 0 Å². The van der Waals surface area contributed by atoms with Gasteiger partial charge in [0, 0.05) is 0 Å². The highest BCUT2D eigenvalue weighted by atomic mass is 32.2. The quantitative estimate of drug-likeness (QED) is 0.642. The van der Waals surface area contributed by atoms with Crippen LogP contribution in [0.5, 0.6) is 5.75 Å². The van der Waals surface area contributed by atoms with Gasteiger partial charge in [-0.1, -0.05) is 6.42 Å². The van der Waals surface area contributed by atoms with Gasteiger partial charge >= 0.3 is 0 Å². The number of amides is 1. The zero-order chi connectivity index (χ0) is 14.8. The predicted molar refractivity (Wildman–Crippen MR) is 71.2 cm³/mol. The number of ether oxygens (including phenoxy) is 1. The molecule has 2 rings (SSSR count). The summed E-state index contributed by atoms with van der Waals surface area (Å²) in [5.41, 5.74) is 1.56. The number of rotatable bonds is 4. The van der Waals surface area contributed by atoms with Crippen molar-refractivity contribution in [1.29, 1.82) is 0 Å². The Balaban J connectivity index is 2.31. The Morgan fingerprint density at radius 1 is 1.30 bits per heavy atom. The molecule has 1 amide bonds. The molecule has 2 atom stereocenters. The molecule has 0 radical (unpaired) electrons. The third-order valence-corrected chi connectivity index (χ3v) is 5.98.